The van der Waals surface area contributed by atoms with Gasteiger partial charge in [-0.1, -0.05) is 50.6 Å². The molecule has 0 aliphatic carbocycles. The molecule has 0 aliphatic heterocycles. The van der Waals surface area contributed by atoms with Gasteiger partial charge < -0.3 is 5.11 Å². The highest BCUT2D eigenvalue weighted by atomic mass is 16.3. The molecule has 2 aromatic rings. The van der Waals surface area contributed by atoms with E-state index in [4.69, 9.17) is 0 Å². The van der Waals surface area contributed by atoms with Gasteiger partial charge in [-0.05, 0) is 41.7 Å². The molecule has 1 heteroatoms. The van der Waals surface area contributed by atoms with Crippen LogP contribution in [0.5, 0.6) is 5.75 Å². The van der Waals surface area contributed by atoms with Crippen molar-refractivity contribution in [3.8, 4) is 16.9 Å². The van der Waals surface area contributed by atoms with E-state index in [2.05, 4.69) is 38.1 Å². The number of rotatable bonds is 4. The molecule has 0 atom stereocenters. The fourth-order valence-electron chi connectivity index (χ4n) is 2.33. The molecule has 0 saturated carbocycles. The van der Waals surface area contributed by atoms with Gasteiger partial charge in [0.25, 0.3) is 0 Å². The summed E-state index contributed by atoms with van der Waals surface area (Å²) in [7, 11) is 0. The third-order valence-electron chi connectivity index (χ3n) is 3.29. The van der Waals surface area contributed by atoms with E-state index in [1.54, 1.807) is 0 Å². The second kappa shape index (κ2) is 5.72. The van der Waals surface area contributed by atoms with Gasteiger partial charge in [-0.25, -0.2) is 0 Å². The first-order valence-electron chi connectivity index (χ1n) is 6.66. The average molecular weight is 240 g/mol. The summed E-state index contributed by atoms with van der Waals surface area (Å²) < 4.78 is 0. The number of aryl methyl sites for hydroxylation is 2. The van der Waals surface area contributed by atoms with Gasteiger partial charge in [0, 0.05) is 5.56 Å². The first kappa shape index (κ1) is 12.7. The molecule has 0 saturated heterocycles. The summed E-state index contributed by atoms with van der Waals surface area (Å²) >= 11 is 0. The molecule has 0 bridgehead atoms. The van der Waals surface area contributed by atoms with E-state index >= 15 is 0 Å². The van der Waals surface area contributed by atoms with Gasteiger partial charge in [0.2, 0.25) is 0 Å². The van der Waals surface area contributed by atoms with Gasteiger partial charge in [0.1, 0.15) is 5.75 Å². The molecule has 2 rings (SSSR count). The van der Waals surface area contributed by atoms with Crippen LogP contribution in [0.25, 0.3) is 11.1 Å². The highest BCUT2D eigenvalue weighted by molar-refractivity contribution is 5.73. The van der Waals surface area contributed by atoms with E-state index in [9.17, 15) is 5.11 Å². The lowest BCUT2D eigenvalue weighted by molar-refractivity contribution is 0.477. The molecule has 18 heavy (non-hydrogen) atoms. The molecule has 0 fully saturated rings. The fourth-order valence-corrected chi connectivity index (χ4v) is 2.33. The van der Waals surface area contributed by atoms with Crippen LogP contribution in [0.4, 0.5) is 0 Å². The smallest absolute Gasteiger partial charge is 0.123 e. The lowest BCUT2D eigenvalue weighted by Gasteiger charge is -2.11. The van der Waals surface area contributed by atoms with Crippen LogP contribution in [0, 0.1) is 0 Å². The highest BCUT2D eigenvalue weighted by Gasteiger charge is 2.08. The van der Waals surface area contributed by atoms with Crippen molar-refractivity contribution in [2.24, 2.45) is 0 Å². The van der Waals surface area contributed by atoms with Gasteiger partial charge >= 0.3 is 0 Å². The molecule has 1 nitrogen and oxygen atoms in total. The highest BCUT2D eigenvalue weighted by Crippen LogP contribution is 2.32. The summed E-state index contributed by atoms with van der Waals surface area (Å²) in [6, 6.07) is 14.2. The van der Waals surface area contributed by atoms with Crippen LogP contribution in [-0.4, -0.2) is 5.11 Å². The molecule has 2 aromatic carbocycles. The predicted octanol–water partition coefficient (Wildman–Crippen LogP) is 4.57. The first-order chi connectivity index (χ1) is 8.76. The zero-order valence-electron chi connectivity index (χ0n) is 11.1. The maximum atomic E-state index is 10.1. The molecule has 0 unspecified atom stereocenters. The molecule has 1 N–H and O–H groups in total. The average Bonchev–Trinajstić information content (AvgIpc) is 2.41. The predicted molar refractivity (Wildman–Crippen MR) is 76.9 cm³/mol. The molecule has 94 valence electrons. The van der Waals surface area contributed by atoms with Crippen LogP contribution in [0.3, 0.4) is 0 Å². The van der Waals surface area contributed by atoms with Gasteiger partial charge in [-0.2, -0.15) is 0 Å². The number of benzene rings is 2. The van der Waals surface area contributed by atoms with Gasteiger partial charge in [0.15, 0.2) is 0 Å². The minimum absolute atomic E-state index is 0.371. The Morgan fingerprint density at radius 1 is 0.944 bits per heavy atom. The second-order valence-corrected chi connectivity index (χ2v) is 4.61. The number of hydrogen-bond donors (Lipinski definition) is 1. The maximum Gasteiger partial charge on any atom is 0.123 e. The van der Waals surface area contributed by atoms with Crippen LogP contribution in [-0.2, 0) is 12.8 Å². The number of hydrogen-bond acceptors (Lipinski definition) is 1. The minimum Gasteiger partial charge on any atom is -0.507 e. The Bertz CT molecular complexity index is 529. The largest absolute Gasteiger partial charge is 0.507 e. The SMILES string of the molecule is CCCc1ccc(O)c(-c2ccccc2CC)c1. The Balaban J connectivity index is 2.51. The van der Waals surface area contributed by atoms with E-state index in [1.165, 1.54) is 11.1 Å². The molecule has 0 heterocycles. The Morgan fingerprint density at radius 3 is 2.44 bits per heavy atom. The quantitative estimate of drug-likeness (QED) is 0.829. The van der Waals surface area contributed by atoms with Crippen molar-refractivity contribution in [3.05, 3.63) is 53.6 Å². The summed E-state index contributed by atoms with van der Waals surface area (Å²) in [6.45, 7) is 4.32. The molecule has 0 aliphatic rings. The molecule has 0 radical (unpaired) electrons. The molecule has 0 amide bonds. The van der Waals surface area contributed by atoms with E-state index in [-0.39, 0.29) is 0 Å². The van der Waals surface area contributed by atoms with Gasteiger partial charge in [-0.15, -0.1) is 0 Å². The van der Waals surface area contributed by atoms with Crippen LogP contribution in [0.1, 0.15) is 31.4 Å². The number of phenolic OH excluding ortho intramolecular Hbond substituents is 1. The standard InChI is InChI=1S/C17H20O/c1-3-7-13-10-11-17(18)16(12-13)15-9-6-5-8-14(15)4-2/h5-6,8-12,18H,3-4,7H2,1-2H3. The van der Waals surface area contributed by atoms with E-state index < -0.39 is 0 Å². The van der Waals surface area contributed by atoms with Crippen molar-refractivity contribution in [3.63, 3.8) is 0 Å². The van der Waals surface area contributed by atoms with Crippen molar-refractivity contribution < 1.29 is 5.11 Å². The number of aromatic hydroxyl groups is 1. The summed E-state index contributed by atoms with van der Waals surface area (Å²) in [4.78, 5) is 0. The summed E-state index contributed by atoms with van der Waals surface area (Å²) in [5.41, 5.74) is 4.67. The topological polar surface area (TPSA) is 20.2 Å². The van der Waals surface area contributed by atoms with Crippen LogP contribution < -0.4 is 0 Å². The molecular weight excluding hydrogens is 220 g/mol. The number of phenols is 1. The van der Waals surface area contributed by atoms with Crippen molar-refractivity contribution in [1.29, 1.82) is 0 Å². The molecule has 0 aromatic heterocycles. The third kappa shape index (κ3) is 2.56. The van der Waals surface area contributed by atoms with Crippen molar-refractivity contribution in [2.45, 2.75) is 33.1 Å². The zero-order valence-corrected chi connectivity index (χ0v) is 11.1. The Kier molecular flexibility index (Phi) is 4.03. The van der Waals surface area contributed by atoms with Crippen molar-refractivity contribution in [2.75, 3.05) is 0 Å². The third-order valence-corrected chi connectivity index (χ3v) is 3.29. The molecule has 0 spiro atoms. The Morgan fingerprint density at radius 2 is 1.72 bits per heavy atom. The normalized spacial score (nSPS) is 10.6. The van der Waals surface area contributed by atoms with Gasteiger partial charge in [0.05, 0.1) is 0 Å². The van der Waals surface area contributed by atoms with Crippen molar-refractivity contribution in [1.82, 2.24) is 0 Å². The van der Waals surface area contributed by atoms with Crippen LogP contribution in [0.2, 0.25) is 0 Å². The maximum absolute atomic E-state index is 10.1. The summed E-state index contributed by atoms with van der Waals surface area (Å²) in [6.07, 6.45) is 3.16. The fraction of sp³-hybridized carbons (Fsp3) is 0.294. The first-order valence-corrected chi connectivity index (χ1v) is 6.66. The molecular formula is C17H20O. The van der Waals surface area contributed by atoms with Crippen molar-refractivity contribution >= 4 is 0 Å². The monoisotopic (exact) mass is 240 g/mol. The lowest BCUT2D eigenvalue weighted by atomic mass is 9.95. The van der Waals surface area contributed by atoms with Gasteiger partial charge in [-0.3, -0.25) is 0 Å². The van der Waals surface area contributed by atoms with E-state index in [1.807, 2.05) is 18.2 Å². The Hall–Kier alpha value is -1.76. The second-order valence-electron chi connectivity index (χ2n) is 4.61. The zero-order chi connectivity index (χ0) is 13.0. The summed E-state index contributed by atoms with van der Waals surface area (Å²) in [5, 5.41) is 10.1. The minimum atomic E-state index is 0.371. The van der Waals surface area contributed by atoms with E-state index in [0.29, 0.717) is 5.75 Å². The van der Waals surface area contributed by atoms with Crippen LogP contribution >= 0.6 is 0 Å². The summed E-state index contributed by atoms with van der Waals surface area (Å²) in [5.74, 6) is 0.371. The lowest BCUT2D eigenvalue weighted by Crippen LogP contribution is -1.90. The Labute approximate surface area is 109 Å². The van der Waals surface area contributed by atoms with E-state index in [0.717, 1.165) is 30.4 Å². The van der Waals surface area contributed by atoms with Crippen LogP contribution in [0.15, 0.2) is 42.5 Å².